The van der Waals surface area contributed by atoms with E-state index >= 15 is 0 Å². The van der Waals surface area contributed by atoms with E-state index in [2.05, 4.69) is 0 Å². The molecule has 10 heteroatoms. The monoisotopic (exact) mass is 515 g/mol. The molecule has 0 saturated carbocycles. The first-order chi connectivity index (χ1) is 16.2. The van der Waals surface area contributed by atoms with Gasteiger partial charge in [0.05, 0.1) is 23.4 Å². The van der Waals surface area contributed by atoms with Gasteiger partial charge in [-0.3, -0.25) is 4.57 Å². The fourth-order valence-corrected chi connectivity index (χ4v) is 5.82. The van der Waals surface area contributed by atoms with Gasteiger partial charge in [0.2, 0.25) is 5.79 Å². The first-order valence-corrected chi connectivity index (χ1v) is 13.0. The number of aldehydes is 1. The summed E-state index contributed by atoms with van der Waals surface area (Å²) >= 11 is 0. The van der Waals surface area contributed by atoms with Crippen LogP contribution in [-0.4, -0.2) is 79.9 Å². The van der Waals surface area contributed by atoms with E-state index in [9.17, 15) is 14.2 Å². The lowest BCUT2D eigenvalue weighted by molar-refractivity contribution is -0.265. The fraction of sp³-hybridized carbons (Fsp3) is 0.840. The molecule has 2 aliphatic rings. The molecule has 0 aliphatic carbocycles. The van der Waals surface area contributed by atoms with Crippen molar-refractivity contribution in [3.63, 3.8) is 0 Å². The third-order valence-electron chi connectivity index (χ3n) is 6.94. The molecule has 2 unspecified atom stereocenters. The number of esters is 1. The van der Waals surface area contributed by atoms with E-state index in [1.807, 2.05) is 46.7 Å². The molecule has 0 spiro atoms. The Bertz CT molecular complexity index is 815. The van der Waals surface area contributed by atoms with Crippen LogP contribution in [0.3, 0.4) is 0 Å². The van der Waals surface area contributed by atoms with E-state index in [1.165, 1.54) is 0 Å². The molecule has 0 radical (unpaired) electrons. The van der Waals surface area contributed by atoms with Crippen molar-refractivity contribution in [3.8, 4) is 0 Å². The van der Waals surface area contributed by atoms with Gasteiger partial charge in [0.25, 0.3) is 0 Å². The summed E-state index contributed by atoms with van der Waals surface area (Å²) in [6, 6.07) is -0.0256. The largest absolute Gasteiger partial charge is 0.456 e. The topological polar surface area (TPSA) is 101 Å². The number of ether oxygens (including phenoxy) is 5. The first kappa shape index (κ1) is 29.8. The summed E-state index contributed by atoms with van der Waals surface area (Å²) in [7, 11) is 5.37. The predicted octanol–water partition coefficient (Wildman–Crippen LogP) is 3.95. The van der Waals surface area contributed by atoms with Crippen molar-refractivity contribution < 1.29 is 37.8 Å². The quantitative estimate of drug-likeness (QED) is 0.230. The zero-order valence-electron chi connectivity index (χ0n) is 22.7. The van der Waals surface area contributed by atoms with Crippen molar-refractivity contribution in [3.05, 3.63) is 11.3 Å². The third kappa shape index (κ3) is 6.89. The smallest absolute Gasteiger partial charge is 0.340 e. The number of hydrogen-bond donors (Lipinski definition) is 0. The summed E-state index contributed by atoms with van der Waals surface area (Å²) < 4.78 is 42.6. The highest BCUT2D eigenvalue weighted by Crippen LogP contribution is 2.41. The van der Waals surface area contributed by atoms with Crippen molar-refractivity contribution in [2.24, 2.45) is 11.8 Å². The lowest BCUT2D eigenvalue weighted by Crippen LogP contribution is -2.57. The standard InChI is InChI=1S/C25H42NO8P/c1-14(13-27)12-25(7,30-10)21(16(3)19-17(4)22(28)34-24(5,6)33-19)32-23-20(35-29)18(26(8)9)11-15(2)31-23/h13-16,18,20-21,23H,11-12H2,1-10H3/t14-,15?,16+,18?,20-,21-,23+,25-/m1/s1. The number of methoxy groups -OCH3 is 1. The van der Waals surface area contributed by atoms with Crippen LogP contribution in [0.25, 0.3) is 0 Å². The second-order valence-electron chi connectivity index (χ2n) is 10.7. The summed E-state index contributed by atoms with van der Waals surface area (Å²) in [6.45, 7) is 12.5. The molecular formula is C25H42NO8P. The molecule has 1 fully saturated rings. The second kappa shape index (κ2) is 11.8. The Labute approximate surface area is 211 Å². The molecule has 0 amide bonds. The van der Waals surface area contributed by atoms with Crippen molar-refractivity contribution in [1.29, 1.82) is 0 Å². The Morgan fingerprint density at radius 2 is 1.91 bits per heavy atom. The molecule has 0 aromatic rings. The maximum absolute atomic E-state index is 12.6. The van der Waals surface area contributed by atoms with Crippen LogP contribution in [0.4, 0.5) is 0 Å². The Morgan fingerprint density at radius 3 is 2.43 bits per heavy atom. The van der Waals surface area contributed by atoms with Gasteiger partial charge in [0.1, 0.15) is 17.7 Å². The van der Waals surface area contributed by atoms with Gasteiger partial charge in [-0.05, 0) is 47.7 Å². The lowest BCUT2D eigenvalue weighted by Gasteiger charge is -2.47. The first-order valence-electron chi connectivity index (χ1n) is 12.1. The molecule has 2 aliphatic heterocycles. The van der Waals surface area contributed by atoms with Gasteiger partial charge in [0.15, 0.2) is 14.8 Å². The molecule has 9 nitrogen and oxygen atoms in total. The fourth-order valence-electron chi connectivity index (χ4n) is 5.05. The maximum atomic E-state index is 12.6. The number of rotatable bonds is 11. The number of cyclic esters (lactones) is 1. The lowest BCUT2D eigenvalue weighted by atomic mass is 9.81. The van der Waals surface area contributed by atoms with Crippen LogP contribution < -0.4 is 0 Å². The SMILES string of the molecule is CO[C@](C)(C[C@@H](C)C=O)[C@H](O[C@@H]1OC(C)CC(N(C)C)[C@H]1P=O)[C@@H](C)C1=C(C)C(=O)OC(C)(C)O1. The van der Waals surface area contributed by atoms with Crippen molar-refractivity contribution in [1.82, 2.24) is 4.90 Å². The minimum atomic E-state index is -1.15. The van der Waals surface area contributed by atoms with Crippen LogP contribution in [0.5, 0.6) is 0 Å². The van der Waals surface area contributed by atoms with Gasteiger partial charge in [-0.2, -0.15) is 0 Å². The Hall–Kier alpha value is -1.38. The predicted molar refractivity (Wildman–Crippen MR) is 131 cm³/mol. The highest BCUT2D eigenvalue weighted by molar-refractivity contribution is 7.24. The molecule has 1 saturated heterocycles. The van der Waals surface area contributed by atoms with E-state index in [4.69, 9.17) is 23.7 Å². The number of hydrogen-bond acceptors (Lipinski definition) is 9. The van der Waals surface area contributed by atoms with Crippen LogP contribution >= 0.6 is 8.46 Å². The van der Waals surface area contributed by atoms with Gasteiger partial charge in [-0.25, -0.2) is 4.79 Å². The molecule has 35 heavy (non-hydrogen) atoms. The van der Waals surface area contributed by atoms with Crippen LogP contribution in [0.1, 0.15) is 61.3 Å². The summed E-state index contributed by atoms with van der Waals surface area (Å²) in [6.07, 6.45) is 0.323. The molecule has 2 heterocycles. The molecule has 200 valence electrons. The van der Waals surface area contributed by atoms with Gasteiger partial charge in [-0.1, -0.05) is 13.8 Å². The zero-order chi connectivity index (χ0) is 26.7. The second-order valence-corrected chi connectivity index (χ2v) is 11.5. The summed E-state index contributed by atoms with van der Waals surface area (Å²) in [4.78, 5) is 26.2. The molecule has 2 rings (SSSR count). The van der Waals surface area contributed by atoms with E-state index in [0.29, 0.717) is 24.2 Å². The van der Waals surface area contributed by atoms with Crippen LogP contribution in [0.2, 0.25) is 0 Å². The van der Waals surface area contributed by atoms with Gasteiger partial charge in [-0.15, -0.1) is 0 Å². The van der Waals surface area contributed by atoms with Crippen molar-refractivity contribution >= 4 is 20.7 Å². The normalized spacial score (nSPS) is 31.3. The summed E-state index contributed by atoms with van der Waals surface area (Å²) in [5.41, 5.74) is -1.05. The van der Waals surface area contributed by atoms with Crippen molar-refractivity contribution in [2.75, 3.05) is 21.2 Å². The number of carbonyl (C=O) groups is 2. The van der Waals surface area contributed by atoms with Crippen LogP contribution in [0.15, 0.2) is 11.3 Å². The van der Waals surface area contributed by atoms with Gasteiger partial charge in [0, 0.05) is 38.8 Å². The minimum Gasteiger partial charge on any atom is -0.456 e. The molecular weight excluding hydrogens is 473 g/mol. The molecule has 0 aromatic heterocycles. The molecule has 0 N–H and O–H groups in total. The van der Waals surface area contributed by atoms with Crippen LogP contribution in [0, 0.1) is 11.8 Å². The summed E-state index contributed by atoms with van der Waals surface area (Å²) in [5, 5.41) is 0. The zero-order valence-corrected chi connectivity index (χ0v) is 23.6. The van der Waals surface area contributed by atoms with E-state index in [1.54, 1.807) is 27.9 Å². The molecule has 0 bridgehead atoms. The number of carbonyl (C=O) groups excluding carboxylic acids is 2. The van der Waals surface area contributed by atoms with Crippen molar-refractivity contribution in [2.45, 2.75) is 103 Å². The van der Waals surface area contributed by atoms with E-state index in [-0.39, 0.29) is 26.5 Å². The average molecular weight is 516 g/mol. The average Bonchev–Trinajstić information content (AvgIpc) is 2.78. The van der Waals surface area contributed by atoms with Gasteiger partial charge < -0.3 is 33.4 Å². The Morgan fingerprint density at radius 1 is 1.29 bits per heavy atom. The Balaban J connectivity index is 2.55. The highest BCUT2D eigenvalue weighted by Gasteiger charge is 2.49. The maximum Gasteiger partial charge on any atom is 0.340 e. The summed E-state index contributed by atoms with van der Waals surface area (Å²) in [5.74, 6) is -1.97. The minimum absolute atomic E-state index is 0.0256. The Kier molecular flexibility index (Phi) is 10.0. The molecule has 0 aromatic carbocycles. The number of nitrogens with zero attached hydrogens (tertiary/aromatic N) is 1. The highest BCUT2D eigenvalue weighted by atomic mass is 31.1. The molecule has 8 atom stereocenters. The van der Waals surface area contributed by atoms with Gasteiger partial charge >= 0.3 is 5.97 Å². The van der Waals surface area contributed by atoms with Crippen LogP contribution in [-0.2, 0) is 37.8 Å². The van der Waals surface area contributed by atoms with E-state index in [0.717, 1.165) is 6.29 Å². The third-order valence-corrected chi connectivity index (χ3v) is 7.78. The van der Waals surface area contributed by atoms with E-state index < -0.39 is 41.3 Å².